The van der Waals surface area contributed by atoms with E-state index >= 15 is 0 Å². The first-order valence-electron chi connectivity index (χ1n) is 7.47. The van der Waals surface area contributed by atoms with Crippen LogP contribution in [-0.4, -0.2) is 22.8 Å². The molecule has 1 aromatic rings. The molecule has 0 bridgehead atoms. The second-order valence-electron chi connectivity index (χ2n) is 6.72. The first-order chi connectivity index (χ1) is 11.5. The smallest absolute Gasteiger partial charge is 0.416 e. The van der Waals surface area contributed by atoms with Crippen LogP contribution in [0.15, 0.2) is 18.2 Å². The van der Waals surface area contributed by atoms with Gasteiger partial charge in [-0.1, -0.05) is 0 Å². The van der Waals surface area contributed by atoms with Crippen molar-refractivity contribution in [1.82, 2.24) is 5.32 Å². The lowest BCUT2D eigenvalue weighted by molar-refractivity contribution is -0.143. The maximum absolute atomic E-state index is 12.9. The Morgan fingerprint density at radius 2 is 1.42 bits per heavy atom. The molecule has 148 valence electrons. The highest BCUT2D eigenvalue weighted by Gasteiger charge is 2.38. The number of aliphatic hydroxyl groups excluding tert-OH is 1. The summed E-state index contributed by atoms with van der Waals surface area (Å²) in [7, 11) is 0. The van der Waals surface area contributed by atoms with E-state index in [1.54, 1.807) is 20.8 Å². The number of carbonyl (C=O) groups is 1. The molecule has 0 saturated heterocycles. The summed E-state index contributed by atoms with van der Waals surface area (Å²) in [5.41, 5.74) is -4.60. The summed E-state index contributed by atoms with van der Waals surface area (Å²) >= 11 is 0. The highest BCUT2D eigenvalue weighted by atomic mass is 19.4. The monoisotopic (exact) mass is 387 g/mol. The van der Waals surface area contributed by atoms with Gasteiger partial charge in [0.2, 0.25) is 0 Å². The fraction of sp³-hybridized carbons (Fsp3) is 0.562. The predicted molar refractivity (Wildman–Crippen MR) is 80.2 cm³/mol. The molecule has 0 radical (unpaired) electrons. The summed E-state index contributed by atoms with van der Waals surface area (Å²) in [6, 6.07) is -0.419. The van der Waals surface area contributed by atoms with Gasteiger partial charge in [-0.2, -0.15) is 26.3 Å². The van der Waals surface area contributed by atoms with E-state index < -0.39 is 52.9 Å². The molecule has 0 saturated carbocycles. The van der Waals surface area contributed by atoms with Crippen LogP contribution in [0.4, 0.5) is 31.1 Å². The number of aliphatic hydroxyl groups is 1. The Morgan fingerprint density at radius 3 is 1.77 bits per heavy atom. The molecular weight excluding hydrogens is 368 g/mol. The van der Waals surface area contributed by atoms with Gasteiger partial charge in [-0.15, -0.1) is 0 Å². The molecule has 1 unspecified atom stereocenters. The number of rotatable bonds is 3. The number of amides is 1. The zero-order valence-electron chi connectivity index (χ0n) is 14.4. The first kappa shape index (κ1) is 22.1. The minimum absolute atomic E-state index is 0.0395. The Balaban J connectivity index is 3.14. The fourth-order valence-electron chi connectivity index (χ4n) is 2.01. The van der Waals surface area contributed by atoms with Crippen molar-refractivity contribution in [2.24, 2.45) is 0 Å². The predicted octanol–water partition coefficient (Wildman–Crippen LogP) is 4.67. The van der Waals surface area contributed by atoms with Crippen LogP contribution in [0.5, 0.6) is 0 Å². The van der Waals surface area contributed by atoms with E-state index in [0.717, 1.165) is 0 Å². The molecule has 2 N–H and O–H groups in total. The van der Waals surface area contributed by atoms with Crippen LogP contribution in [-0.2, 0) is 17.1 Å². The number of carbonyl (C=O) groups excluding carboxylic acids is 1. The van der Waals surface area contributed by atoms with E-state index in [1.165, 1.54) is 6.92 Å². The molecule has 0 aliphatic rings. The molecule has 0 heterocycles. The molecule has 1 amide bonds. The number of alkyl carbamates (subject to hydrolysis) is 1. The van der Waals surface area contributed by atoms with Crippen LogP contribution >= 0.6 is 0 Å². The van der Waals surface area contributed by atoms with Crippen molar-refractivity contribution in [3.05, 3.63) is 34.9 Å². The fourth-order valence-corrected chi connectivity index (χ4v) is 2.01. The number of hydrogen-bond donors (Lipinski definition) is 2. The van der Waals surface area contributed by atoms with Gasteiger partial charge in [0, 0.05) is 0 Å². The van der Waals surface area contributed by atoms with E-state index in [4.69, 9.17) is 4.74 Å². The highest BCUT2D eigenvalue weighted by molar-refractivity contribution is 5.68. The van der Waals surface area contributed by atoms with Crippen molar-refractivity contribution in [2.75, 3.05) is 0 Å². The molecule has 10 heteroatoms. The van der Waals surface area contributed by atoms with Gasteiger partial charge in [-0.25, -0.2) is 4.79 Å². The van der Waals surface area contributed by atoms with Gasteiger partial charge in [0.1, 0.15) is 5.60 Å². The summed E-state index contributed by atoms with van der Waals surface area (Å²) in [5, 5.41) is 12.3. The van der Waals surface area contributed by atoms with Crippen molar-refractivity contribution in [3.8, 4) is 0 Å². The molecule has 1 aromatic carbocycles. The molecule has 0 aliphatic heterocycles. The Bertz CT molecular complexity index is 617. The molecule has 2 atom stereocenters. The Kier molecular flexibility index (Phi) is 6.23. The van der Waals surface area contributed by atoms with Gasteiger partial charge in [-0.3, -0.25) is 0 Å². The maximum atomic E-state index is 12.9. The third-order valence-corrected chi connectivity index (χ3v) is 3.17. The number of benzene rings is 1. The summed E-state index contributed by atoms with van der Waals surface area (Å²) in [5.74, 6) is 0. The second-order valence-corrected chi connectivity index (χ2v) is 6.72. The molecule has 4 nitrogen and oxygen atoms in total. The van der Waals surface area contributed by atoms with Crippen LogP contribution < -0.4 is 5.32 Å². The third kappa shape index (κ3) is 6.40. The van der Waals surface area contributed by atoms with Crippen molar-refractivity contribution >= 4 is 6.09 Å². The second kappa shape index (κ2) is 7.34. The Labute approximate surface area is 146 Å². The maximum Gasteiger partial charge on any atom is 0.416 e. The SMILES string of the molecule is C[C@H](NC(=O)OC(C)(C)C)C(O)c1cc(C(F)(F)F)cc(C(F)(F)F)c1. The summed E-state index contributed by atoms with van der Waals surface area (Å²) in [6.45, 7) is 5.92. The summed E-state index contributed by atoms with van der Waals surface area (Å²) in [4.78, 5) is 11.7. The molecule has 0 fully saturated rings. The molecular formula is C16H19F6NO3. The minimum atomic E-state index is -5.03. The lowest BCUT2D eigenvalue weighted by atomic mass is 9.97. The van der Waals surface area contributed by atoms with Crippen molar-refractivity contribution in [3.63, 3.8) is 0 Å². The summed E-state index contributed by atoms with van der Waals surface area (Å²) < 4.78 is 82.1. The molecule has 0 spiro atoms. The molecule has 1 rings (SSSR count). The number of hydrogen-bond acceptors (Lipinski definition) is 3. The standard InChI is InChI=1S/C16H19F6NO3/c1-8(23-13(25)26-14(2,3)4)12(24)9-5-10(15(17,18)19)7-11(6-9)16(20,21)22/h5-8,12,24H,1-4H3,(H,23,25)/t8-,12?/m0/s1. The van der Waals surface area contributed by atoms with Crippen molar-refractivity contribution in [1.29, 1.82) is 0 Å². The van der Waals surface area contributed by atoms with Crippen LogP contribution in [0.3, 0.4) is 0 Å². The zero-order chi connectivity index (χ0) is 20.5. The van der Waals surface area contributed by atoms with Crippen LogP contribution in [0.2, 0.25) is 0 Å². The average molecular weight is 387 g/mol. The van der Waals surface area contributed by atoms with Crippen LogP contribution in [0.1, 0.15) is 50.5 Å². The topological polar surface area (TPSA) is 58.6 Å². The highest BCUT2D eigenvalue weighted by Crippen LogP contribution is 2.37. The van der Waals surface area contributed by atoms with Gasteiger partial charge in [0.25, 0.3) is 0 Å². The zero-order valence-corrected chi connectivity index (χ0v) is 14.4. The average Bonchev–Trinajstić information content (AvgIpc) is 2.41. The van der Waals surface area contributed by atoms with Crippen LogP contribution in [0.25, 0.3) is 0 Å². The van der Waals surface area contributed by atoms with Gasteiger partial charge in [0.05, 0.1) is 23.3 Å². The van der Waals surface area contributed by atoms with E-state index in [2.05, 4.69) is 5.32 Å². The number of ether oxygens (including phenoxy) is 1. The Morgan fingerprint density at radius 1 is 1.00 bits per heavy atom. The lowest BCUT2D eigenvalue weighted by Gasteiger charge is -2.25. The van der Waals surface area contributed by atoms with E-state index in [-0.39, 0.29) is 6.07 Å². The number of nitrogens with one attached hydrogen (secondary N) is 1. The molecule has 0 aliphatic carbocycles. The molecule has 26 heavy (non-hydrogen) atoms. The quantitative estimate of drug-likeness (QED) is 0.741. The normalized spacial score (nSPS) is 15.3. The van der Waals surface area contributed by atoms with Gasteiger partial charge >= 0.3 is 18.4 Å². The van der Waals surface area contributed by atoms with E-state index in [1.807, 2.05) is 0 Å². The van der Waals surface area contributed by atoms with Gasteiger partial charge < -0.3 is 15.2 Å². The van der Waals surface area contributed by atoms with E-state index in [9.17, 15) is 36.2 Å². The first-order valence-corrected chi connectivity index (χ1v) is 7.47. The molecule has 0 aromatic heterocycles. The van der Waals surface area contributed by atoms with Crippen molar-refractivity contribution in [2.45, 2.75) is 57.8 Å². The van der Waals surface area contributed by atoms with Crippen LogP contribution in [0, 0.1) is 0 Å². The minimum Gasteiger partial charge on any atom is -0.444 e. The lowest BCUT2D eigenvalue weighted by Crippen LogP contribution is -2.40. The largest absolute Gasteiger partial charge is 0.444 e. The van der Waals surface area contributed by atoms with Gasteiger partial charge in [0.15, 0.2) is 0 Å². The Hall–Kier alpha value is -1.97. The van der Waals surface area contributed by atoms with Gasteiger partial charge in [-0.05, 0) is 51.5 Å². The van der Waals surface area contributed by atoms with Crippen molar-refractivity contribution < 1.29 is 41.0 Å². The number of alkyl halides is 6. The van der Waals surface area contributed by atoms with E-state index in [0.29, 0.717) is 12.1 Å². The summed E-state index contributed by atoms with van der Waals surface area (Å²) in [6.07, 6.45) is -12.8. The number of halogens is 6. The third-order valence-electron chi connectivity index (χ3n) is 3.17.